The van der Waals surface area contributed by atoms with Gasteiger partial charge in [0.05, 0.1) is 0 Å². The number of nitrogens with zero attached hydrogens (tertiary/aromatic N) is 1. The third-order valence-electron chi connectivity index (χ3n) is 7.60. The molecule has 0 spiro atoms. The van der Waals surface area contributed by atoms with E-state index in [-0.39, 0.29) is 23.1 Å². The molecule has 1 unspecified atom stereocenters. The highest BCUT2D eigenvalue weighted by Crippen LogP contribution is 2.51. The summed E-state index contributed by atoms with van der Waals surface area (Å²) in [6.07, 6.45) is 4.38. The molecule has 2 nitrogen and oxygen atoms in total. The highest BCUT2D eigenvalue weighted by atomic mass is 79.9. The van der Waals surface area contributed by atoms with E-state index in [2.05, 4.69) is 131 Å². The SMILES string of the molecule is CC1(C)CCCC(C)(C)N1OC(CC1c2cc(Br)ccc2-c2ccc(Br)cc21)c1ccccc1. The topological polar surface area (TPSA) is 12.5 Å². The van der Waals surface area contributed by atoms with Gasteiger partial charge in [-0.1, -0.05) is 74.3 Å². The molecular formula is C30H33Br2NO. The molecule has 1 aliphatic carbocycles. The van der Waals surface area contributed by atoms with E-state index in [1.54, 1.807) is 0 Å². The molecule has 178 valence electrons. The largest absolute Gasteiger partial charge is 0.290 e. The molecule has 1 heterocycles. The fraction of sp³-hybridized carbons (Fsp3) is 0.400. The van der Waals surface area contributed by atoms with E-state index in [4.69, 9.17) is 4.84 Å². The number of benzene rings is 3. The maximum atomic E-state index is 7.07. The van der Waals surface area contributed by atoms with E-state index in [9.17, 15) is 0 Å². The predicted molar refractivity (Wildman–Crippen MR) is 148 cm³/mol. The van der Waals surface area contributed by atoms with Crippen molar-refractivity contribution in [2.24, 2.45) is 0 Å². The fourth-order valence-corrected chi connectivity index (χ4v) is 6.82. The smallest absolute Gasteiger partial charge is 0.105 e. The molecule has 1 aliphatic heterocycles. The summed E-state index contributed by atoms with van der Waals surface area (Å²) in [5, 5.41) is 2.32. The van der Waals surface area contributed by atoms with Crippen molar-refractivity contribution in [2.75, 3.05) is 0 Å². The molecule has 0 saturated carbocycles. The van der Waals surface area contributed by atoms with Gasteiger partial charge >= 0.3 is 0 Å². The number of rotatable bonds is 5. The standard InChI is InChI=1S/C30H33Br2NO/c1-29(2)15-8-16-30(3,4)33(29)34-28(20-9-6-5-7-10-20)19-27-25-17-21(31)11-13-23(25)24-14-12-22(32)18-26(24)27/h5-7,9-14,17-18,27-28H,8,15-16,19H2,1-4H3. The molecule has 1 fully saturated rings. The molecule has 0 bridgehead atoms. The van der Waals surface area contributed by atoms with Gasteiger partial charge in [0, 0.05) is 25.9 Å². The van der Waals surface area contributed by atoms with Gasteiger partial charge in [0.25, 0.3) is 0 Å². The van der Waals surface area contributed by atoms with Crippen LogP contribution in [0.15, 0.2) is 75.7 Å². The average Bonchev–Trinajstić information content (AvgIpc) is 3.07. The second-order valence-corrected chi connectivity index (χ2v) is 12.9. The van der Waals surface area contributed by atoms with Crippen molar-refractivity contribution < 1.29 is 4.84 Å². The molecular weight excluding hydrogens is 550 g/mol. The number of fused-ring (bicyclic) bond motifs is 3. The molecule has 2 aliphatic rings. The highest BCUT2D eigenvalue weighted by molar-refractivity contribution is 9.10. The molecule has 0 N–H and O–H groups in total. The zero-order valence-electron chi connectivity index (χ0n) is 20.4. The summed E-state index contributed by atoms with van der Waals surface area (Å²) in [6.45, 7) is 9.30. The number of hydrogen-bond acceptors (Lipinski definition) is 2. The van der Waals surface area contributed by atoms with Gasteiger partial charge < -0.3 is 0 Å². The molecule has 1 saturated heterocycles. The van der Waals surface area contributed by atoms with E-state index in [0.717, 1.165) is 28.2 Å². The minimum Gasteiger partial charge on any atom is -0.290 e. The zero-order valence-corrected chi connectivity index (χ0v) is 23.6. The van der Waals surface area contributed by atoms with Crippen LogP contribution in [0.1, 0.15) is 82.1 Å². The Balaban J connectivity index is 1.57. The summed E-state index contributed by atoms with van der Waals surface area (Å²) in [4.78, 5) is 7.07. The number of hydroxylamine groups is 2. The van der Waals surface area contributed by atoms with Crippen LogP contribution in [0.2, 0.25) is 0 Å². The van der Waals surface area contributed by atoms with Gasteiger partial charge in [0.1, 0.15) is 6.10 Å². The molecule has 34 heavy (non-hydrogen) atoms. The molecule has 0 aromatic heterocycles. The van der Waals surface area contributed by atoms with Crippen molar-refractivity contribution in [1.29, 1.82) is 0 Å². The third-order valence-corrected chi connectivity index (χ3v) is 8.59. The summed E-state index contributed by atoms with van der Waals surface area (Å²) in [5.74, 6) is 0.265. The number of hydrogen-bond donors (Lipinski definition) is 0. The predicted octanol–water partition coefficient (Wildman–Crippen LogP) is 9.43. The van der Waals surface area contributed by atoms with Crippen LogP contribution >= 0.6 is 31.9 Å². The summed E-state index contributed by atoms with van der Waals surface area (Å²) < 4.78 is 2.25. The monoisotopic (exact) mass is 581 g/mol. The first-order chi connectivity index (χ1) is 16.2. The summed E-state index contributed by atoms with van der Waals surface area (Å²) in [5.41, 5.74) is 6.65. The van der Waals surface area contributed by atoms with Crippen molar-refractivity contribution in [1.82, 2.24) is 5.06 Å². The maximum absolute atomic E-state index is 7.07. The van der Waals surface area contributed by atoms with E-state index < -0.39 is 0 Å². The minimum absolute atomic E-state index is 0.00761. The molecule has 0 radical (unpaired) electrons. The Morgan fingerprint density at radius 1 is 0.824 bits per heavy atom. The lowest BCUT2D eigenvalue weighted by molar-refractivity contribution is -0.308. The lowest BCUT2D eigenvalue weighted by atomic mass is 9.82. The summed E-state index contributed by atoms with van der Waals surface area (Å²) >= 11 is 7.45. The zero-order chi connectivity index (χ0) is 24.1. The summed E-state index contributed by atoms with van der Waals surface area (Å²) in [7, 11) is 0. The Morgan fingerprint density at radius 3 is 1.88 bits per heavy atom. The molecule has 1 atom stereocenters. The summed E-state index contributed by atoms with van der Waals surface area (Å²) in [6, 6.07) is 24.2. The highest BCUT2D eigenvalue weighted by Gasteiger charge is 2.44. The van der Waals surface area contributed by atoms with Crippen molar-refractivity contribution in [3.05, 3.63) is 92.4 Å². The molecule has 4 heteroatoms. The van der Waals surface area contributed by atoms with Crippen molar-refractivity contribution >= 4 is 31.9 Å². The Hall–Kier alpha value is -1.46. The second-order valence-electron chi connectivity index (χ2n) is 11.0. The van der Waals surface area contributed by atoms with Crippen molar-refractivity contribution in [2.45, 2.75) is 76.5 Å². The lowest BCUT2D eigenvalue weighted by Gasteiger charge is -2.52. The van der Waals surface area contributed by atoms with Crippen LogP contribution in [-0.2, 0) is 4.84 Å². The Bertz CT molecular complexity index is 1120. The van der Waals surface area contributed by atoms with Crippen LogP contribution in [-0.4, -0.2) is 16.1 Å². The van der Waals surface area contributed by atoms with E-state index in [1.165, 1.54) is 34.2 Å². The van der Waals surface area contributed by atoms with Crippen LogP contribution < -0.4 is 0 Å². The first-order valence-electron chi connectivity index (χ1n) is 12.3. The molecule has 5 rings (SSSR count). The van der Waals surface area contributed by atoms with Crippen molar-refractivity contribution in [3.8, 4) is 11.1 Å². The number of piperidine rings is 1. The Morgan fingerprint density at radius 2 is 1.35 bits per heavy atom. The molecule has 3 aromatic carbocycles. The van der Waals surface area contributed by atoms with E-state index in [1.807, 2.05) is 0 Å². The van der Waals surface area contributed by atoms with E-state index >= 15 is 0 Å². The maximum Gasteiger partial charge on any atom is 0.105 e. The minimum atomic E-state index is -0.0420. The van der Waals surface area contributed by atoms with E-state index in [0.29, 0.717) is 0 Å². The second kappa shape index (κ2) is 9.20. The first kappa shape index (κ1) is 24.2. The van der Waals surface area contributed by atoms with Gasteiger partial charge in [0.2, 0.25) is 0 Å². The Kier molecular flexibility index (Phi) is 6.56. The molecule has 3 aromatic rings. The van der Waals surface area contributed by atoms with Gasteiger partial charge in [-0.25, -0.2) is 0 Å². The number of halogens is 2. The quantitative estimate of drug-likeness (QED) is 0.297. The van der Waals surface area contributed by atoms with Gasteiger partial charge in [-0.15, -0.1) is 0 Å². The van der Waals surface area contributed by atoms with Crippen LogP contribution in [0.3, 0.4) is 0 Å². The fourth-order valence-electron chi connectivity index (χ4n) is 6.07. The van der Waals surface area contributed by atoms with Crippen LogP contribution in [0, 0.1) is 0 Å². The van der Waals surface area contributed by atoms with Crippen LogP contribution in [0.4, 0.5) is 0 Å². The normalized spacial score (nSPS) is 20.1. The third kappa shape index (κ3) is 4.55. The lowest BCUT2D eigenvalue weighted by Crippen LogP contribution is -2.58. The van der Waals surface area contributed by atoms with Crippen LogP contribution in [0.25, 0.3) is 11.1 Å². The molecule has 0 amide bonds. The first-order valence-corrected chi connectivity index (χ1v) is 13.9. The van der Waals surface area contributed by atoms with Crippen LogP contribution in [0.5, 0.6) is 0 Å². The van der Waals surface area contributed by atoms with Gasteiger partial charge in [-0.3, -0.25) is 4.84 Å². The van der Waals surface area contributed by atoms with Gasteiger partial charge in [-0.2, -0.15) is 5.06 Å². The average molecular weight is 583 g/mol. The van der Waals surface area contributed by atoms with Gasteiger partial charge in [-0.05, 0) is 105 Å². The van der Waals surface area contributed by atoms with Gasteiger partial charge in [0.15, 0.2) is 0 Å². The Labute approximate surface area is 220 Å². The van der Waals surface area contributed by atoms with Crippen molar-refractivity contribution in [3.63, 3.8) is 0 Å².